The number of nitrogens with one attached hydrogen (secondary N) is 2. The van der Waals surface area contributed by atoms with E-state index >= 15 is 0 Å². The van der Waals surface area contributed by atoms with Crippen LogP contribution in [0.4, 0.5) is 0 Å². The molecule has 9 nitrogen and oxygen atoms in total. The van der Waals surface area contributed by atoms with Gasteiger partial charge < -0.3 is 4.90 Å². The summed E-state index contributed by atoms with van der Waals surface area (Å²) < 4.78 is 3.39. The summed E-state index contributed by atoms with van der Waals surface area (Å²) in [5.74, 6) is 0.985. The molecule has 0 aliphatic carbocycles. The fourth-order valence-corrected chi connectivity index (χ4v) is 3.42. The lowest BCUT2D eigenvalue weighted by atomic mass is 9.95. The normalized spacial score (nSPS) is 16.1. The van der Waals surface area contributed by atoms with Gasteiger partial charge in [0.05, 0.1) is 0 Å². The maximum Gasteiger partial charge on any atom is 0.343 e. The average molecular weight is 329 g/mol. The topological polar surface area (TPSA) is 104 Å². The molecule has 1 aliphatic heterocycles. The minimum Gasteiger partial charge on any atom is -0.338 e. The molecule has 0 saturated carbocycles. The summed E-state index contributed by atoms with van der Waals surface area (Å²) in [6.07, 6.45) is 6.73. The third-order valence-corrected chi connectivity index (χ3v) is 4.71. The van der Waals surface area contributed by atoms with Gasteiger partial charge in [-0.3, -0.25) is 14.5 Å². The molecule has 0 bridgehead atoms. The van der Waals surface area contributed by atoms with Gasteiger partial charge in [-0.15, -0.1) is 0 Å². The largest absolute Gasteiger partial charge is 0.343 e. The lowest BCUT2D eigenvalue weighted by Gasteiger charge is -2.31. The van der Waals surface area contributed by atoms with Crippen LogP contribution in [0.1, 0.15) is 41.9 Å². The zero-order valence-corrected chi connectivity index (χ0v) is 13.4. The Bertz CT molecular complexity index is 923. The summed E-state index contributed by atoms with van der Waals surface area (Å²) in [6.45, 7) is 3.82. The highest BCUT2D eigenvalue weighted by Crippen LogP contribution is 2.27. The van der Waals surface area contributed by atoms with Gasteiger partial charge in [0.15, 0.2) is 5.65 Å². The number of rotatable bonds is 3. The Balaban J connectivity index is 1.49. The lowest BCUT2D eigenvalue weighted by Crippen LogP contribution is -2.38. The van der Waals surface area contributed by atoms with Crippen LogP contribution in [0.2, 0.25) is 0 Å². The summed E-state index contributed by atoms with van der Waals surface area (Å²) in [7, 11) is 0. The van der Waals surface area contributed by atoms with Crippen molar-refractivity contribution in [2.24, 2.45) is 0 Å². The predicted octanol–water partition coefficient (Wildman–Crippen LogP) is 0.587. The minimum absolute atomic E-state index is 0.0131. The van der Waals surface area contributed by atoms with E-state index < -0.39 is 0 Å². The molecule has 3 aromatic heterocycles. The number of likely N-dealkylation sites (tertiary alicyclic amines) is 1. The van der Waals surface area contributed by atoms with Crippen LogP contribution in [0.3, 0.4) is 0 Å². The second-order valence-electron chi connectivity index (χ2n) is 6.01. The van der Waals surface area contributed by atoms with Crippen molar-refractivity contribution in [2.45, 2.75) is 32.2 Å². The number of hydrogen-bond donors (Lipinski definition) is 2. The first-order valence-electron chi connectivity index (χ1n) is 8.14. The number of carbonyl (C=O) groups is 1. The van der Waals surface area contributed by atoms with E-state index in [0.717, 1.165) is 18.7 Å². The number of hydrogen-bond acceptors (Lipinski definition) is 4. The van der Waals surface area contributed by atoms with E-state index in [4.69, 9.17) is 0 Å². The van der Waals surface area contributed by atoms with Crippen LogP contribution in [-0.4, -0.2) is 53.3 Å². The Hall–Kier alpha value is -2.84. The number of nitrogens with zero attached hydrogens (tertiary/aromatic N) is 5. The number of carbonyl (C=O) groups excluding carboxylic acids is 1. The number of fused-ring (bicyclic) bond motifs is 1. The maximum absolute atomic E-state index is 12.7. The Morgan fingerprint density at radius 2 is 2.17 bits per heavy atom. The van der Waals surface area contributed by atoms with Gasteiger partial charge in [-0.25, -0.2) is 19.4 Å². The highest BCUT2D eigenvalue weighted by atomic mass is 16.2. The molecule has 0 aromatic carbocycles. The van der Waals surface area contributed by atoms with Crippen molar-refractivity contribution in [3.05, 3.63) is 40.5 Å². The summed E-state index contributed by atoms with van der Waals surface area (Å²) in [5, 5.41) is 9.68. The molecule has 1 amide bonds. The van der Waals surface area contributed by atoms with Crippen molar-refractivity contribution >= 4 is 11.6 Å². The molecule has 24 heavy (non-hydrogen) atoms. The first-order valence-corrected chi connectivity index (χ1v) is 8.14. The summed E-state index contributed by atoms with van der Waals surface area (Å²) >= 11 is 0. The smallest absolute Gasteiger partial charge is 0.338 e. The van der Waals surface area contributed by atoms with Gasteiger partial charge in [0.2, 0.25) is 0 Å². The molecular weight excluding hydrogens is 310 g/mol. The zero-order chi connectivity index (χ0) is 16.7. The molecular formula is C15H19N7O2. The number of aromatic amines is 2. The molecule has 126 valence electrons. The second kappa shape index (κ2) is 5.66. The maximum atomic E-state index is 12.7. The molecule has 4 heterocycles. The Morgan fingerprint density at radius 1 is 1.38 bits per heavy atom. The van der Waals surface area contributed by atoms with Crippen molar-refractivity contribution in [1.82, 2.24) is 34.3 Å². The van der Waals surface area contributed by atoms with Crippen LogP contribution in [-0.2, 0) is 6.54 Å². The summed E-state index contributed by atoms with van der Waals surface area (Å²) in [6, 6.07) is 0. The number of piperidine rings is 1. The molecule has 9 heteroatoms. The van der Waals surface area contributed by atoms with Crippen LogP contribution >= 0.6 is 0 Å². The van der Waals surface area contributed by atoms with Gasteiger partial charge in [0.1, 0.15) is 11.4 Å². The Kier molecular flexibility index (Phi) is 3.47. The Morgan fingerprint density at radius 3 is 2.92 bits per heavy atom. The van der Waals surface area contributed by atoms with E-state index in [2.05, 4.69) is 20.3 Å². The van der Waals surface area contributed by atoms with Crippen LogP contribution in [0.15, 0.2) is 23.4 Å². The quantitative estimate of drug-likeness (QED) is 0.733. The Labute approximate surface area is 137 Å². The number of H-pyrrole nitrogens is 2. The molecule has 1 saturated heterocycles. The fourth-order valence-electron chi connectivity index (χ4n) is 3.42. The third kappa shape index (κ3) is 2.24. The van der Waals surface area contributed by atoms with Crippen molar-refractivity contribution in [3.8, 4) is 0 Å². The van der Waals surface area contributed by atoms with Crippen molar-refractivity contribution in [1.29, 1.82) is 0 Å². The van der Waals surface area contributed by atoms with Crippen LogP contribution in [0.5, 0.6) is 0 Å². The SMILES string of the molecule is CCn1c(C2CCN(C(=O)c3c[nH]n4ccnc34)CC2)n[nH]c1=O. The molecule has 0 unspecified atom stereocenters. The highest BCUT2D eigenvalue weighted by molar-refractivity contribution is 5.99. The zero-order valence-electron chi connectivity index (χ0n) is 13.4. The van der Waals surface area contributed by atoms with Gasteiger partial charge in [-0.2, -0.15) is 5.10 Å². The van der Waals surface area contributed by atoms with E-state index in [1.54, 1.807) is 27.7 Å². The van der Waals surface area contributed by atoms with Gasteiger partial charge in [0.25, 0.3) is 5.91 Å². The first kappa shape index (κ1) is 14.7. The summed E-state index contributed by atoms with van der Waals surface area (Å²) in [4.78, 5) is 30.5. The van der Waals surface area contributed by atoms with E-state index in [9.17, 15) is 9.59 Å². The molecule has 4 rings (SSSR count). The lowest BCUT2D eigenvalue weighted by molar-refractivity contribution is 0.0712. The molecule has 3 aromatic rings. The number of imidazole rings is 1. The third-order valence-electron chi connectivity index (χ3n) is 4.71. The molecule has 2 N–H and O–H groups in total. The average Bonchev–Trinajstić information content (AvgIpc) is 3.29. The van der Waals surface area contributed by atoms with Gasteiger partial charge >= 0.3 is 5.69 Å². The molecule has 1 aliphatic rings. The van der Waals surface area contributed by atoms with Crippen LogP contribution < -0.4 is 5.69 Å². The number of amides is 1. The van der Waals surface area contributed by atoms with Crippen molar-refractivity contribution < 1.29 is 4.79 Å². The molecule has 0 spiro atoms. The summed E-state index contributed by atoms with van der Waals surface area (Å²) in [5.41, 5.74) is 1.07. The fraction of sp³-hybridized carbons (Fsp3) is 0.467. The van der Waals surface area contributed by atoms with Crippen molar-refractivity contribution in [2.75, 3.05) is 13.1 Å². The monoisotopic (exact) mass is 329 g/mol. The molecule has 0 atom stereocenters. The second-order valence-corrected chi connectivity index (χ2v) is 6.01. The van der Waals surface area contributed by atoms with Crippen molar-refractivity contribution in [3.63, 3.8) is 0 Å². The highest BCUT2D eigenvalue weighted by Gasteiger charge is 2.29. The predicted molar refractivity (Wildman–Crippen MR) is 85.9 cm³/mol. The molecule has 1 fully saturated rings. The standard InChI is InChI=1S/C15H19N7O2/c1-2-21-12(18-19-15(21)24)10-3-6-20(7-4-10)14(23)11-9-17-22-8-5-16-13(11)22/h5,8-10,17H,2-4,6-7H2,1H3,(H,19,24). The molecule has 0 radical (unpaired) electrons. The first-order chi connectivity index (χ1) is 11.7. The van der Waals surface area contributed by atoms with Crippen LogP contribution in [0.25, 0.3) is 5.65 Å². The van der Waals surface area contributed by atoms with E-state index in [1.165, 1.54) is 0 Å². The van der Waals surface area contributed by atoms with E-state index in [1.807, 2.05) is 11.8 Å². The minimum atomic E-state index is -0.167. The number of aromatic nitrogens is 6. The van der Waals surface area contributed by atoms with E-state index in [-0.39, 0.29) is 17.5 Å². The van der Waals surface area contributed by atoms with Gasteiger partial charge in [-0.05, 0) is 19.8 Å². The van der Waals surface area contributed by atoms with Gasteiger partial charge in [0, 0.05) is 44.1 Å². The van der Waals surface area contributed by atoms with Crippen LogP contribution in [0, 0.1) is 0 Å². The van der Waals surface area contributed by atoms with Gasteiger partial charge in [-0.1, -0.05) is 0 Å². The van der Waals surface area contributed by atoms with E-state index in [0.29, 0.717) is 30.8 Å².